The number of halogens is 1. The quantitative estimate of drug-likeness (QED) is 0.454. The maximum atomic E-state index is 10.8. The van der Waals surface area contributed by atoms with E-state index in [1.807, 2.05) is 0 Å². The predicted octanol–water partition coefficient (Wildman–Crippen LogP) is 2.23. The third kappa shape index (κ3) is 8.27. The van der Waals surface area contributed by atoms with Gasteiger partial charge in [-0.15, -0.1) is 0 Å². The Balaban J connectivity index is 3.28. The number of rotatable bonds is 5. The van der Waals surface area contributed by atoms with E-state index < -0.39 is 8.07 Å². The number of amides is 1. The molecule has 0 aliphatic heterocycles. The van der Waals surface area contributed by atoms with Gasteiger partial charge in [0.25, 0.3) is 0 Å². The molecule has 0 aliphatic carbocycles. The smallest absolute Gasteiger partial charge is 0.230 e. The largest absolute Gasteiger partial charge is 0.355 e. The first-order valence-electron chi connectivity index (χ1n) is 4.28. The molecular weight excluding hydrogens is 234 g/mol. The highest BCUT2D eigenvalue weighted by Crippen LogP contribution is 2.09. The predicted molar refractivity (Wildman–Crippen MR) is 59.6 cm³/mol. The second-order valence-corrected chi connectivity index (χ2v) is 10.3. The van der Waals surface area contributed by atoms with E-state index >= 15 is 0 Å². The molecule has 0 aromatic heterocycles. The molecule has 0 radical (unpaired) electrons. The van der Waals surface area contributed by atoms with Crippen molar-refractivity contribution < 1.29 is 4.79 Å². The van der Waals surface area contributed by atoms with Gasteiger partial charge in [-0.25, -0.2) is 0 Å². The minimum atomic E-state index is -0.902. The molecule has 0 saturated carbocycles. The molecule has 72 valence electrons. The Morgan fingerprint density at radius 2 is 2.00 bits per heavy atom. The van der Waals surface area contributed by atoms with Gasteiger partial charge in [0.1, 0.15) is 0 Å². The van der Waals surface area contributed by atoms with Crippen molar-refractivity contribution in [1.29, 1.82) is 0 Å². The Labute approximate surface area is 84.3 Å². The van der Waals surface area contributed by atoms with Gasteiger partial charge in [-0.1, -0.05) is 41.6 Å². The summed E-state index contributed by atoms with van der Waals surface area (Å²) in [6, 6.07) is 1.29. The Hall–Kier alpha value is 0.167. The number of hydrogen-bond donors (Lipinski definition) is 1. The number of alkyl halides is 1. The monoisotopic (exact) mass is 251 g/mol. The van der Waals surface area contributed by atoms with Crippen LogP contribution in [0.1, 0.15) is 6.42 Å². The summed E-state index contributed by atoms with van der Waals surface area (Å²) in [6.07, 6.45) is 1.12. The van der Waals surface area contributed by atoms with Crippen LogP contribution in [0.5, 0.6) is 0 Å². The van der Waals surface area contributed by atoms with Crippen molar-refractivity contribution in [2.24, 2.45) is 0 Å². The van der Waals surface area contributed by atoms with E-state index in [2.05, 4.69) is 40.9 Å². The van der Waals surface area contributed by atoms with Crippen LogP contribution in [0.3, 0.4) is 0 Å². The number of hydrogen-bond acceptors (Lipinski definition) is 1. The first-order chi connectivity index (χ1) is 5.45. The first-order valence-corrected chi connectivity index (χ1v) is 9.11. The minimum absolute atomic E-state index is 0.0885. The third-order valence-electron chi connectivity index (χ3n) is 1.55. The van der Waals surface area contributed by atoms with E-state index in [0.717, 1.165) is 13.0 Å². The Morgan fingerprint density at radius 3 is 2.42 bits per heavy atom. The van der Waals surface area contributed by atoms with E-state index in [0.29, 0.717) is 5.33 Å². The van der Waals surface area contributed by atoms with Crippen LogP contribution < -0.4 is 5.32 Å². The Morgan fingerprint density at radius 1 is 1.42 bits per heavy atom. The molecule has 0 fully saturated rings. The zero-order valence-corrected chi connectivity index (χ0v) is 10.7. The highest BCUT2D eigenvalue weighted by atomic mass is 79.9. The molecule has 0 rings (SSSR count). The summed E-state index contributed by atoms with van der Waals surface area (Å²) in [5, 5.41) is 3.26. The van der Waals surface area contributed by atoms with Gasteiger partial charge in [0, 0.05) is 14.6 Å². The molecule has 2 nitrogen and oxygen atoms in total. The molecule has 1 N–H and O–H groups in total. The van der Waals surface area contributed by atoms with Crippen LogP contribution in [0.4, 0.5) is 0 Å². The summed E-state index contributed by atoms with van der Waals surface area (Å²) in [5.74, 6) is 0.0885. The SMILES string of the molecule is C[Si](C)(C)CCCNC(=O)CBr. The zero-order chi connectivity index (χ0) is 9.61. The lowest BCUT2D eigenvalue weighted by Gasteiger charge is -2.15. The molecule has 0 spiro atoms. The summed E-state index contributed by atoms with van der Waals surface area (Å²) in [4.78, 5) is 10.8. The normalized spacial score (nSPS) is 11.3. The Kier molecular flexibility index (Phi) is 5.83. The van der Waals surface area contributed by atoms with Crippen LogP contribution in [0.25, 0.3) is 0 Å². The van der Waals surface area contributed by atoms with Gasteiger partial charge < -0.3 is 5.32 Å². The summed E-state index contributed by atoms with van der Waals surface area (Å²) in [6.45, 7) is 7.87. The fourth-order valence-electron chi connectivity index (χ4n) is 0.894. The van der Waals surface area contributed by atoms with Crippen molar-refractivity contribution in [2.45, 2.75) is 32.1 Å². The standard InChI is InChI=1S/C8H18BrNOSi/c1-12(2,3)6-4-5-10-8(11)7-9/h4-7H2,1-3H3,(H,10,11). The van der Waals surface area contributed by atoms with E-state index in [-0.39, 0.29) is 5.91 Å². The lowest BCUT2D eigenvalue weighted by molar-refractivity contribution is -0.118. The molecule has 0 unspecified atom stereocenters. The Bertz CT molecular complexity index is 144. The molecule has 1 amide bonds. The highest BCUT2D eigenvalue weighted by molar-refractivity contribution is 9.09. The molecule has 0 heterocycles. The van der Waals surface area contributed by atoms with Gasteiger partial charge in [-0.05, 0) is 6.42 Å². The molecule has 0 atom stereocenters. The van der Waals surface area contributed by atoms with Gasteiger partial charge in [-0.3, -0.25) is 4.79 Å². The van der Waals surface area contributed by atoms with Gasteiger partial charge in [-0.2, -0.15) is 0 Å². The van der Waals surface area contributed by atoms with Crippen LogP contribution in [0.15, 0.2) is 0 Å². The maximum absolute atomic E-state index is 10.8. The van der Waals surface area contributed by atoms with Crippen molar-refractivity contribution in [2.75, 3.05) is 11.9 Å². The van der Waals surface area contributed by atoms with Crippen molar-refractivity contribution in [3.8, 4) is 0 Å². The zero-order valence-electron chi connectivity index (χ0n) is 8.11. The van der Waals surface area contributed by atoms with Gasteiger partial charge in [0.05, 0.1) is 5.33 Å². The van der Waals surface area contributed by atoms with Gasteiger partial charge in [0.2, 0.25) is 5.91 Å². The fraction of sp³-hybridized carbons (Fsp3) is 0.875. The molecule has 0 aromatic carbocycles. The topological polar surface area (TPSA) is 29.1 Å². The van der Waals surface area contributed by atoms with E-state index in [9.17, 15) is 4.79 Å². The van der Waals surface area contributed by atoms with Crippen molar-refractivity contribution in [1.82, 2.24) is 5.32 Å². The third-order valence-corrected chi connectivity index (χ3v) is 3.91. The van der Waals surface area contributed by atoms with Crippen LogP contribution in [0.2, 0.25) is 25.7 Å². The second-order valence-electron chi connectivity index (χ2n) is 4.15. The van der Waals surface area contributed by atoms with Crippen LogP contribution in [0, 0.1) is 0 Å². The molecular formula is C8H18BrNOSi. The fourth-order valence-corrected chi connectivity index (χ4v) is 2.33. The molecule has 0 saturated heterocycles. The van der Waals surface area contributed by atoms with Crippen molar-refractivity contribution in [3.05, 3.63) is 0 Å². The second kappa shape index (κ2) is 5.75. The van der Waals surface area contributed by atoms with Gasteiger partial charge in [0.15, 0.2) is 0 Å². The highest BCUT2D eigenvalue weighted by Gasteiger charge is 2.11. The summed E-state index contributed by atoms with van der Waals surface area (Å²) in [7, 11) is -0.902. The van der Waals surface area contributed by atoms with E-state index in [1.54, 1.807) is 0 Å². The number of carbonyl (C=O) groups is 1. The maximum Gasteiger partial charge on any atom is 0.230 e. The number of nitrogens with one attached hydrogen (secondary N) is 1. The molecule has 0 bridgehead atoms. The summed E-state index contributed by atoms with van der Waals surface area (Å²) in [5.41, 5.74) is 0. The lowest BCUT2D eigenvalue weighted by Crippen LogP contribution is -2.27. The van der Waals surface area contributed by atoms with Crippen molar-refractivity contribution in [3.63, 3.8) is 0 Å². The average Bonchev–Trinajstić information content (AvgIpc) is 1.96. The van der Waals surface area contributed by atoms with E-state index in [4.69, 9.17) is 0 Å². The lowest BCUT2D eigenvalue weighted by atomic mass is 10.5. The van der Waals surface area contributed by atoms with Crippen molar-refractivity contribution >= 4 is 29.9 Å². The number of carbonyl (C=O) groups excluding carboxylic acids is 1. The minimum Gasteiger partial charge on any atom is -0.355 e. The van der Waals surface area contributed by atoms with E-state index in [1.165, 1.54) is 6.04 Å². The van der Waals surface area contributed by atoms with Gasteiger partial charge >= 0.3 is 0 Å². The average molecular weight is 252 g/mol. The van der Waals surface area contributed by atoms with Crippen LogP contribution in [-0.2, 0) is 4.79 Å². The summed E-state index contributed by atoms with van der Waals surface area (Å²) >= 11 is 3.10. The molecule has 0 aliphatic rings. The molecule has 4 heteroatoms. The molecule has 12 heavy (non-hydrogen) atoms. The first kappa shape index (κ1) is 12.2. The van der Waals surface area contributed by atoms with Crippen LogP contribution in [-0.4, -0.2) is 25.9 Å². The van der Waals surface area contributed by atoms with Crippen LogP contribution >= 0.6 is 15.9 Å². The summed E-state index contributed by atoms with van der Waals surface area (Å²) < 4.78 is 0. The molecule has 0 aromatic rings.